The second-order valence-corrected chi connectivity index (χ2v) is 6.97. The average molecular weight is 365 g/mol. The van der Waals surface area contributed by atoms with Crippen LogP contribution in [0.2, 0.25) is 0 Å². The highest BCUT2D eigenvalue weighted by atomic mass is 16.6. The van der Waals surface area contributed by atoms with Gasteiger partial charge in [-0.25, -0.2) is 4.79 Å². The van der Waals surface area contributed by atoms with Gasteiger partial charge in [-0.3, -0.25) is 9.69 Å². The Kier molecular flexibility index (Phi) is 8.96. The van der Waals surface area contributed by atoms with Crippen molar-refractivity contribution in [3.63, 3.8) is 0 Å². The lowest BCUT2D eigenvalue weighted by Crippen LogP contribution is -2.34. The van der Waals surface area contributed by atoms with Crippen molar-refractivity contribution in [1.82, 2.24) is 0 Å². The Morgan fingerprint density at radius 2 is 1.77 bits per heavy atom. The fourth-order valence-electron chi connectivity index (χ4n) is 2.25. The molecule has 6 heteroatoms. The SMILES string of the molecule is CCOC(=O)CCCCCOc1ccccc1N(C)C(=O)OC(C)(C)C. The number of carbonyl (C=O) groups excluding carboxylic acids is 2. The van der Waals surface area contributed by atoms with Crippen LogP contribution in [-0.4, -0.2) is 37.9 Å². The Morgan fingerprint density at radius 3 is 2.42 bits per heavy atom. The number of benzene rings is 1. The van der Waals surface area contributed by atoms with Crippen LogP contribution in [0.4, 0.5) is 10.5 Å². The van der Waals surface area contributed by atoms with Crippen LogP contribution >= 0.6 is 0 Å². The summed E-state index contributed by atoms with van der Waals surface area (Å²) in [6, 6.07) is 7.36. The molecule has 0 aliphatic carbocycles. The molecule has 26 heavy (non-hydrogen) atoms. The number of esters is 1. The van der Waals surface area contributed by atoms with Gasteiger partial charge in [-0.1, -0.05) is 12.1 Å². The number of ether oxygens (including phenoxy) is 3. The fraction of sp³-hybridized carbons (Fsp3) is 0.600. The molecule has 0 aliphatic rings. The van der Waals surface area contributed by atoms with Crippen molar-refractivity contribution in [1.29, 1.82) is 0 Å². The molecule has 0 N–H and O–H groups in total. The molecule has 0 aromatic heterocycles. The molecule has 0 bridgehead atoms. The van der Waals surface area contributed by atoms with Crippen molar-refractivity contribution in [2.45, 2.75) is 59.0 Å². The lowest BCUT2D eigenvalue weighted by Gasteiger charge is -2.25. The first-order chi connectivity index (χ1) is 12.2. The molecule has 1 rings (SSSR count). The third kappa shape index (κ3) is 8.23. The summed E-state index contributed by atoms with van der Waals surface area (Å²) < 4.78 is 16.1. The van der Waals surface area contributed by atoms with E-state index in [9.17, 15) is 9.59 Å². The first kappa shape index (κ1) is 21.8. The summed E-state index contributed by atoms with van der Waals surface area (Å²) >= 11 is 0. The smallest absolute Gasteiger partial charge is 0.414 e. The summed E-state index contributed by atoms with van der Waals surface area (Å²) in [5, 5.41) is 0. The van der Waals surface area contributed by atoms with E-state index in [4.69, 9.17) is 14.2 Å². The largest absolute Gasteiger partial charge is 0.491 e. The van der Waals surface area contributed by atoms with E-state index >= 15 is 0 Å². The molecule has 0 saturated heterocycles. The molecule has 1 amide bonds. The number of unbranched alkanes of at least 4 members (excludes halogenated alkanes) is 2. The van der Waals surface area contributed by atoms with Crippen LogP contribution < -0.4 is 9.64 Å². The van der Waals surface area contributed by atoms with Gasteiger partial charge in [0.15, 0.2) is 0 Å². The van der Waals surface area contributed by atoms with Gasteiger partial charge in [-0.05, 0) is 59.1 Å². The number of amides is 1. The van der Waals surface area contributed by atoms with Gasteiger partial charge in [0.05, 0.1) is 18.9 Å². The first-order valence-electron chi connectivity index (χ1n) is 9.08. The molecule has 1 aromatic rings. The van der Waals surface area contributed by atoms with Crippen molar-refractivity contribution in [3.8, 4) is 5.75 Å². The predicted octanol–water partition coefficient (Wildman–Crippen LogP) is 4.56. The highest BCUT2D eigenvalue weighted by Crippen LogP contribution is 2.28. The Morgan fingerprint density at radius 1 is 1.08 bits per heavy atom. The molecule has 0 atom stereocenters. The maximum absolute atomic E-state index is 12.2. The van der Waals surface area contributed by atoms with Gasteiger partial charge < -0.3 is 14.2 Å². The Labute approximate surface area is 156 Å². The average Bonchev–Trinajstić information content (AvgIpc) is 2.56. The van der Waals surface area contributed by atoms with Gasteiger partial charge in [-0.15, -0.1) is 0 Å². The normalized spacial score (nSPS) is 11.0. The minimum atomic E-state index is -0.555. The lowest BCUT2D eigenvalue weighted by molar-refractivity contribution is -0.143. The van der Waals surface area contributed by atoms with E-state index in [2.05, 4.69) is 0 Å². The predicted molar refractivity (Wildman–Crippen MR) is 102 cm³/mol. The van der Waals surface area contributed by atoms with Gasteiger partial charge in [-0.2, -0.15) is 0 Å². The standard InChI is InChI=1S/C20H31NO5/c1-6-24-18(22)14-8-7-11-15-25-17-13-10-9-12-16(17)21(5)19(23)26-20(2,3)4/h9-10,12-13H,6-8,11,14-15H2,1-5H3. The van der Waals surface area contributed by atoms with Crippen LogP contribution in [0.3, 0.4) is 0 Å². The molecule has 1 aromatic carbocycles. The van der Waals surface area contributed by atoms with Crippen LogP contribution in [0.15, 0.2) is 24.3 Å². The van der Waals surface area contributed by atoms with Gasteiger partial charge in [0.2, 0.25) is 0 Å². The molecular weight excluding hydrogens is 334 g/mol. The van der Waals surface area contributed by atoms with Crippen LogP contribution in [0.5, 0.6) is 5.75 Å². The fourth-order valence-corrected chi connectivity index (χ4v) is 2.25. The maximum atomic E-state index is 12.2. The second-order valence-electron chi connectivity index (χ2n) is 6.97. The summed E-state index contributed by atoms with van der Waals surface area (Å²) in [5.41, 5.74) is 0.105. The topological polar surface area (TPSA) is 65.1 Å². The van der Waals surface area contributed by atoms with E-state index in [1.807, 2.05) is 45.0 Å². The third-order valence-electron chi connectivity index (χ3n) is 3.48. The van der Waals surface area contributed by atoms with Crippen molar-refractivity contribution in [2.75, 3.05) is 25.2 Å². The quantitative estimate of drug-likeness (QED) is 0.474. The number of carbonyl (C=O) groups is 2. The summed E-state index contributed by atoms with van der Waals surface area (Å²) in [6.07, 6.45) is 2.49. The van der Waals surface area contributed by atoms with Crippen molar-refractivity contribution in [2.24, 2.45) is 0 Å². The molecule has 0 aliphatic heterocycles. The molecule has 0 fully saturated rings. The number of para-hydroxylation sites is 2. The van der Waals surface area contributed by atoms with Gasteiger partial charge >= 0.3 is 12.1 Å². The van der Waals surface area contributed by atoms with E-state index in [0.717, 1.165) is 19.3 Å². The minimum absolute atomic E-state index is 0.155. The van der Waals surface area contributed by atoms with Crippen molar-refractivity contribution < 1.29 is 23.8 Å². The van der Waals surface area contributed by atoms with E-state index in [1.54, 1.807) is 14.0 Å². The highest BCUT2D eigenvalue weighted by Gasteiger charge is 2.22. The lowest BCUT2D eigenvalue weighted by atomic mass is 10.2. The number of hydrogen-bond donors (Lipinski definition) is 0. The van der Waals surface area contributed by atoms with Crippen molar-refractivity contribution in [3.05, 3.63) is 24.3 Å². The van der Waals surface area contributed by atoms with Crippen molar-refractivity contribution >= 4 is 17.7 Å². The van der Waals surface area contributed by atoms with E-state index in [0.29, 0.717) is 31.1 Å². The summed E-state index contributed by atoms with van der Waals surface area (Å²) in [4.78, 5) is 25.0. The second kappa shape index (κ2) is 10.7. The van der Waals surface area contributed by atoms with Crippen LogP contribution in [0.25, 0.3) is 0 Å². The zero-order chi connectivity index (χ0) is 19.6. The molecule has 0 heterocycles. The van der Waals surface area contributed by atoms with Gasteiger partial charge in [0.25, 0.3) is 0 Å². The monoisotopic (exact) mass is 365 g/mol. The number of nitrogens with zero attached hydrogens (tertiary/aromatic N) is 1. The zero-order valence-corrected chi connectivity index (χ0v) is 16.5. The first-order valence-corrected chi connectivity index (χ1v) is 9.08. The molecule has 0 saturated carbocycles. The summed E-state index contributed by atoms with van der Waals surface area (Å²) in [7, 11) is 1.66. The maximum Gasteiger partial charge on any atom is 0.414 e. The molecule has 0 radical (unpaired) electrons. The third-order valence-corrected chi connectivity index (χ3v) is 3.48. The van der Waals surface area contributed by atoms with Gasteiger partial charge in [0, 0.05) is 13.5 Å². The number of hydrogen-bond acceptors (Lipinski definition) is 5. The highest BCUT2D eigenvalue weighted by molar-refractivity contribution is 5.89. The number of rotatable bonds is 9. The molecule has 6 nitrogen and oxygen atoms in total. The van der Waals surface area contributed by atoms with Gasteiger partial charge in [0.1, 0.15) is 11.4 Å². The molecule has 0 unspecified atom stereocenters. The zero-order valence-electron chi connectivity index (χ0n) is 16.5. The Balaban J connectivity index is 2.48. The van der Waals surface area contributed by atoms with E-state index < -0.39 is 11.7 Å². The molecular formula is C20H31NO5. The van der Waals surface area contributed by atoms with Crippen LogP contribution in [0, 0.1) is 0 Å². The van der Waals surface area contributed by atoms with E-state index in [-0.39, 0.29) is 5.97 Å². The Hall–Kier alpha value is -2.24. The summed E-state index contributed by atoms with van der Waals surface area (Å²) in [6.45, 7) is 8.23. The number of anilines is 1. The van der Waals surface area contributed by atoms with Crippen LogP contribution in [-0.2, 0) is 14.3 Å². The molecule has 0 spiro atoms. The minimum Gasteiger partial charge on any atom is -0.491 e. The van der Waals surface area contributed by atoms with E-state index in [1.165, 1.54) is 4.90 Å². The van der Waals surface area contributed by atoms with Crippen LogP contribution in [0.1, 0.15) is 53.4 Å². The summed E-state index contributed by atoms with van der Waals surface area (Å²) in [5.74, 6) is 0.476. The molecule has 146 valence electrons. The Bertz CT molecular complexity index is 580.